The van der Waals surface area contributed by atoms with Crippen molar-refractivity contribution >= 4 is 5.97 Å². The van der Waals surface area contributed by atoms with E-state index in [2.05, 4.69) is 19.9 Å². The van der Waals surface area contributed by atoms with Gasteiger partial charge in [-0.15, -0.1) is 0 Å². The summed E-state index contributed by atoms with van der Waals surface area (Å²) in [4.78, 5) is 12.4. The standard InChI is InChI=1S/C33H50O6/c1-4-35-29(34)20-22-12-14-26-25-13-11-23-19-24(38-30-9-5-7-17-36-30)21-28(39-31-10-6-8-18-37-31)33(23,3)27(25)15-16-32(22,26)2/h11,20,24-28,30-31H,4-10,12-19,21H2,1-3H3/t24-,25+,26+,27+,28+,30?,31?,32-,33+/m1/s1. The molecule has 3 saturated carbocycles. The zero-order valence-electron chi connectivity index (χ0n) is 24.5. The highest BCUT2D eigenvalue weighted by atomic mass is 16.7. The molecule has 0 aromatic rings. The van der Waals surface area contributed by atoms with E-state index in [9.17, 15) is 4.79 Å². The third-order valence-corrected chi connectivity index (χ3v) is 11.5. The molecule has 0 bridgehead atoms. The Balaban J connectivity index is 1.26. The Morgan fingerprint density at radius 2 is 1.74 bits per heavy atom. The number of esters is 1. The minimum absolute atomic E-state index is 0.00799. The van der Waals surface area contributed by atoms with E-state index in [1.807, 2.05) is 13.0 Å². The van der Waals surface area contributed by atoms with E-state index >= 15 is 0 Å². The van der Waals surface area contributed by atoms with Crippen molar-refractivity contribution in [3.63, 3.8) is 0 Å². The lowest BCUT2D eigenvalue weighted by Gasteiger charge is -2.60. The second-order valence-corrected chi connectivity index (χ2v) is 13.5. The summed E-state index contributed by atoms with van der Waals surface area (Å²) >= 11 is 0. The van der Waals surface area contributed by atoms with Crippen LogP contribution in [-0.4, -0.2) is 50.6 Å². The maximum Gasteiger partial charge on any atom is 0.330 e. The Kier molecular flexibility index (Phi) is 8.30. The summed E-state index contributed by atoms with van der Waals surface area (Å²) in [6.45, 7) is 8.85. The van der Waals surface area contributed by atoms with E-state index < -0.39 is 0 Å². The first kappa shape index (κ1) is 27.9. The fourth-order valence-electron chi connectivity index (χ4n) is 9.40. The van der Waals surface area contributed by atoms with Gasteiger partial charge in [0.1, 0.15) is 0 Å². The molecular weight excluding hydrogens is 492 g/mol. The largest absolute Gasteiger partial charge is 0.463 e. The second kappa shape index (κ2) is 11.6. The molecule has 0 spiro atoms. The number of rotatable bonds is 6. The van der Waals surface area contributed by atoms with Crippen LogP contribution in [0.15, 0.2) is 23.3 Å². The van der Waals surface area contributed by atoms with Crippen LogP contribution in [0.1, 0.15) is 104 Å². The van der Waals surface area contributed by atoms with Crippen LogP contribution in [0.5, 0.6) is 0 Å². The minimum atomic E-state index is -0.171. The van der Waals surface area contributed by atoms with E-state index in [4.69, 9.17) is 23.7 Å². The normalized spacial score (nSPS) is 45.2. The first-order valence-electron chi connectivity index (χ1n) is 16.0. The van der Waals surface area contributed by atoms with Crippen molar-refractivity contribution in [2.45, 2.75) is 129 Å². The average Bonchev–Trinajstić information content (AvgIpc) is 3.26. The zero-order valence-corrected chi connectivity index (χ0v) is 24.5. The predicted molar refractivity (Wildman–Crippen MR) is 149 cm³/mol. The quantitative estimate of drug-likeness (QED) is 0.207. The van der Waals surface area contributed by atoms with Crippen molar-refractivity contribution in [3.8, 4) is 0 Å². The molecule has 2 aliphatic heterocycles. The Morgan fingerprint density at radius 3 is 2.44 bits per heavy atom. The molecule has 9 atom stereocenters. The van der Waals surface area contributed by atoms with Crippen LogP contribution in [0.4, 0.5) is 0 Å². The lowest BCUT2D eigenvalue weighted by Crippen LogP contribution is -2.57. The number of allylic oxidation sites excluding steroid dienone is 2. The van der Waals surface area contributed by atoms with Crippen LogP contribution in [0.3, 0.4) is 0 Å². The van der Waals surface area contributed by atoms with Crippen molar-refractivity contribution in [2.75, 3.05) is 19.8 Å². The van der Waals surface area contributed by atoms with E-state index in [0.29, 0.717) is 24.4 Å². The van der Waals surface area contributed by atoms with Gasteiger partial charge in [-0.25, -0.2) is 4.79 Å². The van der Waals surface area contributed by atoms with Crippen LogP contribution in [-0.2, 0) is 28.5 Å². The summed E-state index contributed by atoms with van der Waals surface area (Å²) in [6.07, 6.45) is 18.6. The molecule has 6 rings (SSSR count). The Bertz CT molecular complexity index is 946. The number of ether oxygens (including phenoxy) is 5. The van der Waals surface area contributed by atoms with Gasteiger partial charge in [0.15, 0.2) is 12.6 Å². The summed E-state index contributed by atoms with van der Waals surface area (Å²) in [5.41, 5.74) is 2.95. The third kappa shape index (κ3) is 5.29. The molecule has 4 aliphatic carbocycles. The highest BCUT2D eigenvalue weighted by molar-refractivity contribution is 5.83. The Hall–Kier alpha value is -1.21. The van der Waals surface area contributed by atoms with Crippen molar-refractivity contribution in [1.29, 1.82) is 0 Å². The number of hydrogen-bond donors (Lipinski definition) is 0. The molecule has 39 heavy (non-hydrogen) atoms. The Morgan fingerprint density at radius 1 is 1.00 bits per heavy atom. The fraction of sp³-hybridized carbons (Fsp3) is 0.848. The monoisotopic (exact) mass is 542 g/mol. The van der Waals surface area contributed by atoms with Crippen LogP contribution >= 0.6 is 0 Å². The SMILES string of the molecule is CCOC(=O)C=C1CC[C@H]2[C@@H]3CC=C4C[C@@H](OC5CCCCO5)C[C@H](OC5CCCCO5)[C@]4(C)[C@H]3CC[C@]12C. The van der Waals surface area contributed by atoms with Crippen LogP contribution < -0.4 is 0 Å². The van der Waals surface area contributed by atoms with Gasteiger partial charge >= 0.3 is 5.97 Å². The lowest BCUT2D eigenvalue weighted by atomic mass is 9.47. The van der Waals surface area contributed by atoms with E-state index in [0.717, 1.165) is 71.0 Å². The van der Waals surface area contributed by atoms with Crippen molar-refractivity contribution in [1.82, 2.24) is 0 Å². The average molecular weight is 543 g/mol. The van der Waals surface area contributed by atoms with Gasteiger partial charge in [-0.2, -0.15) is 0 Å². The highest BCUT2D eigenvalue weighted by Gasteiger charge is 2.60. The summed E-state index contributed by atoms with van der Waals surface area (Å²) < 4.78 is 31.0. The summed E-state index contributed by atoms with van der Waals surface area (Å²) in [6, 6.07) is 0. The van der Waals surface area contributed by atoms with E-state index in [-0.39, 0.29) is 41.6 Å². The van der Waals surface area contributed by atoms with Crippen molar-refractivity contribution in [2.24, 2.45) is 28.6 Å². The van der Waals surface area contributed by atoms with Crippen molar-refractivity contribution in [3.05, 3.63) is 23.3 Å². The molecule has 0 radical (unpaired) electrons. The topological polar surface area (TPSA) is 63.2 Å². The summed E-state index contributed by atoms with van der Waals surface area (Å²) in [5.74, 6) is 1.62. The summed E-state index contributed by atoms with van der Waals surface area (Å²) in [5, 5.41) is 0. The minimum Gasteiger partial charge on any atom is -0.463 e. The number of hydrogen-bond acceptors (Lipinski definition) is 6. The van der Waals surface area contributed by atoms with E-state index in [1.165, 1.54) is 31.3 Å². The molecule has 5 fully saturated rings. The van der Waals surface area contributed by atoms with Gasteiger partial charge in [-0.3, -0.25) is 0 Å². The molecule has 6 aliphatic rings. The van der Waals surface area contributed by atoms with Gasteiger partial charge in [0, 0.05) is 31.1 Å². The summed E-state index contributed by atoms with van der Waals surface area (Å²) in [7, 11) is 0. The van der Waals surface area contributed by atoms with Gasteiger partial charge in [-0.05, 0) is 107 Å². The molecule has 2 unspecified atom stereocenters. The first-order chi connectivity index (χ1) is 18.9. The van der Waals surface area contributed by atoms with Gasteiger partial charge in [0.25, 0.3) is 0 Å². The maximum absolute atomic E-state index is 12.4. The van der Waals surface area contributed by atoms with E-state index in [1.54, 1.807) is 5.57 Å². The molecule has 0 amide bonds. The first-order valence-corrected chi connectivity index (χ1v) is 16.0. The zero-order chi connectivity index (χ0) is 27.0. The van der Waals surface area contributed by atoms with Crippen LogP contribution in [0.2, 0.25) is 0 Å². The number of carbonyl (C=O) groups is 1. The van der Waals surface area contributed by atoms with Crippen LogP contribution in [0, 0.1) is 28.6 Å². The van der Waals surface area contributed by atoms with Gasteiger partial charge in [0.05, 0.1) is 18.8 Å². The molecule has 0 aromatic heterocycles. The van der Waals surface area contributed by atoms with Crippen molar-refractivity contribution < 1.29 is 28.5 Å². The maximum atomic E-state index is 12.4. The fourth-order valence-corrected chi connectivity index (χ4v) is 9.40. The van der Waals surface area contributed by atoms with Gasteiger partial charge in [0.2, 0.25) is 0 Å². The molecule has 0 N–H and O–H groups in total. The second-order valence-electron chi connectivity index (χ2n) is 13.5. The molecule has 2 heterocycles. The molecule has 218 valence electrons. The highest BCUT2D eigenvalue weighted by Crippen LogP contribution is 2.66. The Labute approximate surface area is 235 Å². The third-order valence-electron chi connectivity index (χ3n) is 11.5. The number of fused-ring (bicyclic) bond motifs is 5. The molecule has 2 saturated heterocycles. The molecular formula is C33H50O6. The predicted octanol–water partition coefficient (Wildman–Crippen LogP) is 6.87. The molecule has 6 nitrogen and oxygen atoms in total. The van der Waals surface area contributed by atoms with Gasteiger partial charge < -0.3 is 23.7 Å². The smallest absolute Gasteiger partial charge is 0.330 e. The lowest BCUT2D eigenvalue weighted by molar-refractivity contribution is -0.247. The van der Waals surface area contributed by atoms with Crippen LogP contribution in [0.25, 0.3) is 0 Å². The van der Waals surface area contributed by atoms with Gasteiger partial charge in [-0.1, -0.05) is 31.1 Å². The number of carbonyl (C=O) groups excluding carboxylic acids is 1. The molecule has 0 aromatic carbocycles. The molecule has 6 heteroatoms.